The molecule has 2 aromatic rings. The highest BCUT2D eigenvalue weighted by atomic mass is 32.2. The highest BCUT2D eigenvalue weighted by Crippen LogP contribution is 2.27. The summed E-state index contributed by atoms with van der Waals surface area (Å²) in [5, 5.41) is 4.50. The Kier molecular flexibility index (Phi) is 3.75. The number of methoxy groups -OCH3 is 1. The molecule has 0 amide bonds. The first-order valence-corrected chi connectivity index (χ1v) is 7.29. The molecule has 0 aliphatic rings. The van der Waals surface area contributed by atoms with Gasteiger partial charge in [-0.3, -0.25) is 0 Å². The molecule has 0 aliphatic carbocycles. The lowest BCUT2D eigenvalue weighted by molar-refractivity contribution is 0.218. The van der Waals surface area contributed by atoms with E-state index in [-0.39, 0.29) is 5.41 Å². The van der Waals surface area contributed by atoms with Crippen LogP contribution >= 0.6 is 23.1 Å². The van der Waals surface area contributed by atoms with Crippen LogP contribution in [0.4, 0.5) is 0 Å². The van der Waals surface area contributed by atoms with Crippen LogP contribution in [0.25, 0.3) is 4.96 Å². The largest absolute Gasteiger partial charge is 0.384 e. The van der Waals surface area contributed by atoms with Gasteiger partial charge in [0, 0.05) is 18.3 Å². The average Bonchev–Trinajstić information content (AvgIpc) is 2.74. The number of rotatable bonds is 4. The summed E-state index contributed by atoms with van der Waals surface area (Å²) in [5.74, 6) is 0.930. The van der Waals surface area contributed by atoms with Crippen LogP contribution in [0.15, 0.2) is 10.5 Å². The molecule has 2 aromatic heterocycles. The highest BCUT2D eigenvalue weighted by Gasteiger charge is 2.19. The van der Waals surface area contributed by atoms with Gasteiger partial charge in [-0.1, -0.05) is 43.9 Å². The Balaban J connectivity index is 2.14. The van der Waals surface area contributed by atoms with E-state index in [4.69, 9.17) is 4.74 Å². The predicted octanol–water partition coefficient (Wildman–Crippen LogP) is 2.83. The van der Waals surface area contributed by atoms with Gasteiger partial charge in [0.15, 0.2) is 4.34 Å². The summed E-state index contributed by atoms with van der Waals surface area (Å²) < 4.78 is 7.94. The van der Waals surface area contributed by atoms with Crippen LogP contribution in [-0.4, -0.2) is 34.1 Å². The van der Waals surface area contributed by atoms with E-state index in [9.17, 15) is 0 Å². The Morgan fingerprint density at radius 1 is 1.47 bits per heavy atom. The minimum absolute atomic E-state index is 0.0801. The van der Waals surface area contributed by atoms with Crippen molar-refractivity contribution >= 4 is 28.1 Å². The van der Waals surface area contributed by atoms with Crippen molar-refractivity contribution in [2.24, 2.45) is 0 Å². The van der Waals surface area contributed by atoms with Crippen LogP contribution in [0.1, 0.15) is 26.5 Å². The molecule has 0 fully saturated rings. The molecule has 0 unspecified atom stereocenters. The molecule has 0 aliphatic heterocycles. The van der Waals surface area contributed by atoms with Crippen molar-refractivity contribution < 1.29 is 4.74 Å². The van der Waals surface area contributed by atoms with Gasteiger partial charge in [-0.2, -0.15) is 0 Å². The van der Waals surface area contributed by atoms with Crippen LogP contribution in [0.5, 0.6) is 0 Å². The second-order valence-corrected chi connectivity index (χ2v) is 7.11. The summed E-state index contributed by atoms with van der Waals surface area (Å²) >= 11 is 3.34. The quantitative estimate of drug-likeness (QED) is 0.633. The van der Waals surface area contributed by atoms with Crippen molar-refractivity contribution in [2.45, 2.75) is 30.5 Å². The first kappa shape index (κ1) is 12.9. The highest BCUT2D eigenvalue weighted by molar-refractivity contribution is 8.01. The normalized spacial score (nSPS) is 12.5. The molecule has 0 atom stereocenters. The maximum absolute atomic E-state index is 5.02. The zero-order chi connectivity index (χ0) is 12.5. The fourth-order valence-electron chi connectivity index (χ4n) is 1.31. The van der Waals surface area contributed by atoms with E-state index in [1.54, 1.807) is 30.2 Å². The molecule has 17 heavy (non-hydrogen) atoms. The first-order chi connectivity index (χ1) is 8.00. The second kappa shape index (κ2) is 4.96. The van der Waals surface area contributed by atoms with Gasteiger partial charge in [0.25, 0.3) is 0 Å². The lowest BCUT2D eigenvalue weighted by Crippen LogP contribution is -2.11. The van der Waals surface area contributed by atoms with Gasteiger partial charge >= 0.3 is 0 Å². The summed E-state index contributed by atoms with van der Waals surface area (Å²) in [4.78, 5) is 5.57. The SMILES string of the molecule is COCCSc1nn2cc(C(C)(C)C)nc2s1. The average molecular weight is 271 g/mol. The minimum atomic E-state index is 0.0801. The summed E-state index contributed by atoms with van der Waals surface area (Å²) in [5.41, 5.74) is 1.17. The zero-order valence-corrected chi connectivity index (χ0v) is 12.2. The minimum Gasteiger partial charge on any atom is -0.384 e. The van der Waals surface area contributed by atoms with Crippen LogP contribution in [0.3, 0.4) is 0 Å². The molecule has 0 saturated carbocycles. The van der Waals surface area contributed by atoms with Gasteiger partial charge in [-0.05, 0) is 0 Å². The van der Waals surface area contributed by atoms with Crippen LogP contribution < -0.4 is 0 Å². The smallest absolute Gasteiger partial charge is 0.213 e. The molecule has 0 spiro atoms. The monoisotopic (exact) mass is 271 g/mol. The van der Waals surface area contributed by atoms with Gasteiger partial charge in [0.05, 0.1) is 18.5 Å². The number of hydrogen-bond donors (Lipinski definition) is 0. The molecule has 2 rings (SSSR count). The van der Waals surface area contributed by atoms with Gasteiger partial charge in [-0.15, -0.1) is 5.10 Å². The van der Waals surface area contributed by atoms with E-state index in [0.717, 1.165) is 27.4 Å². The van der Waals surface area contributed by atoms with E-state index in [1.165, 1.54) is 0 Å². The lowest BCUT2D eigenvalue weighted by Gasteiger charge is -2.13. The van der Waals surface area contributed by atoms with Crippen molar-refractivity contribution in [3.63, 3.8) is 0 Å². The van der Waals surface area contributed by atoms with Crippen molar-refractivity contribution in [1.82, 2.24) is 14.6 Å². The Bertz CT molecular complexity index is 467. The van der Waals surface area contributed by atoms with Gasteiger partial charge in [0.1, 0.15) is 0 Å². The molecule has 0 bridgehead atoms. The topological polar surface area (TPSA) is 39.4 Å². The molecule has 0 N–H and O–H groups in total. The number of ether oxygens (including phenoxy) is 1. The first-order valence-electron chi connectivity index (χ1n) is 5.49. The summed E-state index contributed by atoms with van der Waals surface area (Å²) in [6, 6.07) is 0. The van der Waals surface area contributed by atoms with E-state index >= 15 is 0 Å². The molecular formula is C11H17N3OS2. The molecule has 0 saturated heterocycles. The summed E-state index contributed by atoms with van der Waals surface area (Å²) in [6.45, 7) is 7.23. The van der Waals surface area contributed by atoms with Crippen molar-refractivity contribution in [3.8, 4) is 0 Å². The molecule has 0 radical (unpaired) electrons. The Hall–Kier alpha value is -0.590. The Labute approximate surface area is 109 Å². The van der Waals surface area contributed by atoms with Crippen molar-refractivity contribution in [3.05, 3.63) is 11.9 Å². The van der Waals surface area contributed by atoms with E-state index in [0.29, 0.717) is 0 Å². The number of hydrogen-bond acceptors (Lipinski definition) is 5. The van der Waals surface area contributed by atoms with E-state index in [1.807, 2.05) is 10.7 Å². The van der Waals surface area contributed by atoms with E-state index < -0.39 is 0 Å². The third-order valence-electron chi connectivity index (χ3n) is 2.31. The summed E-state index contributed by atoms with van der Waals surface area (Å²) in [7, 11) is 1.71. The van der Waals surface area contributed by atoms with Crippen LogP contribution in [0, 0.1) is 0 Å². The van der Waals surface area contributed by atoms with Crippen LogP contribution in [0.2, 0.25) is 0 Å². The lowest BCUT2D eigenvalue weighted by atomic mass is 9.93. The third-order valence-corrected chi connectivity index (χ3v) is 4.33. The fourth-order valence-corrected chi connectivity index (χ4v) is 3.21. The van der Waals surface area contributed by atoms with Crippen LogP contribution in [-0.2, 0) is 10.2 Å². The zero-order valence-electron chi connectivity index (χ0n) is 10.6. The number of aromatic nitrogens is 3. The standard InChI is InChI=1S/C11H17N3OS2/c1-11(2,3)8-7-14-9(12-8)17-10(13-14)16-6-5-15-4/h7H,5-6H2,1-4H3. The molecule has 4 nitrogen and oxygen atoms in total. The van der Waals surface area contributed by atoms with Crippen molar-refractivity contribution in [1.29, 1.82) is 0 Å². The molecule has 0 aromatic carbocycles. The van der Waals surface area contributed by atoms with Gasteiger partial charge in [0.2, 0.25) is 4.96 Å². The predicted molar refractivity (Wildman–Crippen MR) is 72.2 cm³/mol. The molecule has 6 heteroatoms. The second-order valence-electron chi connectivity index (χ2n) is 4.81. The van der Waals surface area contributed by atoms with E-state index in [2.05, 4.69) is 30.9 Å². The Morgan fingerprint density at radius 3 is 2.82 bits per heavy atom. The Morgan fingerprint density at radius 2 is 2.24 bits per heavy atom. The number of thioether (sulfide) groups is 1. The number of fused-ring (bicyclic) bond motifs is 1. The molecule has 94 valence electrons. The molecular weight excluding hydrogens is 254 g/mol. The number of imidazole rings is 1. The maximum Gasteiger partial charge on any atom is 0.213 e. The molecule has 2 heterocycles. The maximum atomic E-state index is 5.02. The number of nitrogens with zero attached hydrogens (tertiary/aromatic N) is 3. The summed E-state index contributed by atoms with van der Waals surface area (Å²) in [6.07, 6.45) is 2.02. The van der Waals surface area contributed by atoms with Gasteiger partial charge in [-0.25, -0.2) is 9.50 Å². The van der Waals surface area contributed by atoms with Gasteiger partial charge < -0.3 is 4.74 Å². The third kappa shape index (κ3) is 3.00. The van der Waals surface area contributed by atoms with Crippen molar-refractivity contribution in [2.75, 3.05) is 19.5 Å². The fraction of sp³-hybridized carbons (Fsp3) is 0.636.